The summed E-state index contributed by atoms with van der Waals surface area (Å²) in [6.07, 6.45) is 4.11. The predicted molar refractivity (Wildman–Crippen MR) is 84.0 cm³/mol. The Hall–Kier alpha value is -0.970. The lowest BCUT2D eigenvalue weighted by Gasteiger charge is -2.38. The second kappa shape index (κ2) is 6.86. The molecule has 2 fully saturated rings. The van der Waals surface area contributed by atoms with E-state index in [0.29, 0.717) is 12.1 Å². The SMILES string of the molecule is CCC1COC(C)CN1Cc1cccc(CNC2CC2)n1. The zero-order chi connectivity index (χ0) is 14.7. The smallest absolute Gasteiger partial charge is 0.0674 e. The van der Waals surface area contributed by atoms with E-state index < -0.39 is 0 Å². The van der Waals surface area contributed by atoms with Crippen LogP contribution in [0.15, 0.2) is 18.2 Å². The van der Waals surface area contributed by atoms with Crippen LogP contribution in [0.3, 0.4) is 0 Å². The summed E-state index contributed by atoms with van der Waals surface area (Å²) >= 11 is 0. The molecular weight excluding hydrogens is 262 g/mol. The Morgan fingerprint density at radius 1 is 1.33 bits per heavy atom. The summed E-state index contributed by atoms with van der Waals surface area (Å²) in [5.74, 6) is 0. The number of nitrogens with one attached hydrogen (secondary N) is 1. The fraction of sp³-hybridized carbons (Fsp3) is 0.706. The maximum atomic E-state index is 5.77. The van der Waals surface area contributed by atoms with Gasteiger partial charge in [-0.1, -0.05) is 13.0 Å². The number of hydrogen-bond donors (Lipinski definition) is 1. The molecular formula is C17H27N3O. The summed E-state index contributed by atoms with van der Waals surface area (Å²) in [5, 5.41) is 3.53. The van der Waals surface area contributed by atoms with Gasteiger partial charge in [-0.3, -0.25) is 9.88 Å². The quantitative estimate of drug-likeness (QED) is 0.872. The molecule has 0 bridgehead atoms. The Balaban J connectivity index is 1.60. The van der Waals surface area contributed by atoms with Crippen molar-refractivity contribution in [3.63, 3.8) is 0 Å². The van der Waals surface area contributed by atoms with Gasteiger partial charge in [0.05, 0.1) is 24.1 Å². The lowest BCUT2D eigenvalue weighted by atomic mass is 10.1. The topological polar surface area (TPSA) is 37.4 Å². The minimum atomic E-state index is 0.326. The Morgan fingerprint density at radius 2 is 2.14 bits per heavy atom. The molecule has 2 aliphatic rings. The molecule has 1 aromatic heterocycles. The van der Waals surface area contributed by atoms with Gasteiger partial charge in [-0.15, -0.1) is 0 Å². The van der Waals surface area contributed by atoms with Gasteiger partial charge >= 0.3 is 0 Å². The summed E-state index contributed by atoms with van der Waals surface area (Å²) in [4.78, 5) is 7.34. The van der Waals surface area contributed by atoms with E-state index in [2.05, 4.69) is 42.3 Å². The van der Waals surface area contributed by atoms with Gasteiger partial charge in [-0.05, 0) is 38.3 Å². The van der Waals surface area contributed by atoms with Crippen LogP contribution < -0.4 is 5.32 Å². The number of ether oxygens (including phenoxy) is 1. The van der Waals surface area contributed by atoms with Crippen molar-refractivity contribution in [3.8, 4) is 0 Å². The second-order valence-corrected chi connectivity index (χ2v) is 6.41. The van der Waals surface area contributed by atoms with Gasteiger partial charge in [-0.25, -0.2) is 0 Å². The molecule has 116 valence electrons. The van der Waals surface area contributed by atoms with Crippen molar-refractivity contribution in [2.24, 2.45) is 0 Å². The first kappa shape index (κ1) is 14.9. The fourth-order valence-corrected chi connectivity index (χ4v) is 2.94. The second-order valence-electron chi connectivity index (χ2n) is 6.41. The molecule has 21 heavy (non-hydrogen) atoms. The van der Waals surface area contributed by atoms with Crippen LogP contribution in [-0.4, -0.2) is 41.2 Å². The first-order chi connectivity index (χ1) is 10.2. The van der Waals surface area contributed by atoms with Crippen LogP contribution >= 0.6 is 0 Å². The molecule has 1 aromatic rings. The highest BCUT2D eigenvalue weighted by Gasteiger charge is 2.25. The van der Waals surface area contributed by atoms with Crippen molar-refractivity contribution in [3.05, 3.63) is 29.6 Å². The Kier molecular flexibility index (Phi) is 4.88. The first-order valence-corrected chi connectivity index (χ1v) is 8.28. The van der Waals surface area contributed by atoms with E-state index in [1.165, 1.54) is 18.5 Å². The lowest BCUT2D eigenvalue weighted by Crippen LogP contribution is -2.48. The normalized spacial score (nSPS) is 27.0. The average molecular weight is 289 g/mol. The summed E-state index contributed by atoms with van der Waals surface area (Å²) in [7, 11) is 0. The van der Waals surface area contributed by atoms with Gasteiger partial charge in [0, 0.05) is 31.7 Å². The van der Waals surface area contributed by atoms with Crippen LogP contribution in [0.25, 0.3) is 0 Å². The van der Waals surface area contributed by atoms with Gasteiger partial charge in [0.1, 0.15) is 0 Å². The molecule has 1 N–H and O–H groups in total. The number of morpholine rings is 1. The van der Waals surface area contributed by atoms with Crippen molar-refractivity contribution >= 4 is 0 Å². The number of hydrogen-bond acceptors (Lipinski definition) is 4. The molecule has 2 atom stereocenters. The number of aromatic nitrogens is 1. The van der Waals surface area contributed by atoms with Gasteiger partial charge in [0.15, 0.2) is 0 Å². The Bertz CT molecular complexity index is 461. The van der Waals surface area contributed by atoms with E-state index >= 15 is 0 Å². The summed E-state index contributed by atoms with van der Waals surface area (Å²) in [6.45, 7) is 8.08. The lowest BCUT2D eigenvalue weighted by molar-refractivity contribution is -0.0596. The average Bonchev–Trinajstić information content (AvgIpc) is 3.30. The van der Waals surface area contributed by atoms with Crippen molar-refractivity contribution in [1.29, 1.82) is 0 Å². The van der Waals surface area contributed by atoms with Crippen LogP contribution in [0.5, 0.6) is 0 Å². The van der Waals surface area contributed by atoms with E-state index in [4.69, 9.17) is 9.72 Å². The number of rotatable bonds is 6. The highest BCUT2D eigenvalue weighted by Crippen LogP contribution is 2.19. The number of nitrogens with zero attached hydrogens (tertiary/aromatic N) is 2. The Morgan fingerprint density at radius 3 is 2.90 bits per heavy atom. The third-order valence-corrected chi connectivity index (χ3v) is 4.43. The van der Waals surface area contributed by atoms with Crippen molar-refractivity contribution in [2.75, 3.05) is 13.2 Å². The summed E-state index contributed by atoms with van der Waals surface area (Å²) < 4.78 is 5.77. The van der Waals surface area contributed by atoms with Crippen LogP contribution in [0.2, 0.25) is 0 Å². The zero-order valence-corrected chi connectivity index (χ0v) is 13.2. The molecule has 2 heterocycles. The maximum Gasteiger partial charge on any atom is 0.0674 e. The van der Waals surface area contributed by atoms with Crippen molar-refractivity contribution < 1.29 is 4.74 Å². The van der Waals surface area contributed by atoms with Crippen molar-refractivity contribution in [1.82, 2.24) is 15.2 Å². The molecule has 4 nitrogen and oxygen atoms in total. The largest absolute Gasteiger partial charge is 0.376 e. The predicted octanol–water partition coefficient (Wildman–Crippen LogP) is 2.33. The molecule has 1 aliphatic heterocycles. The maximum absolute atomic E-state index is 5.77. The van der Waals surface area contributed by atoms with Crippen LogP contribution in [0.4, 0.5) is 0 Å². The van der Waals surface area contributed by atoms with Crippen LogP contribution in [0.1, 0.15) is 44.5 Å². The van der Waals surface area contributed by atoms with Crippen LogP contribution in [-0.2, 0) is 17.8 Å². The molecule has 1 aliphatic carbocycles. The van der Waals surface area contributed by atoms with E-state index in [0.717, 1.165) is 44.4 Å². The molecule has 0 amide bonds. The van der Waals surface area contributed by atoms with E-state index in [1.807, 2.05) is 0 Å². The monoisotopic (exact) mass is 289 g/mol. The molecule has 4 heteroatoms. The molecule has 3 rings (SSSR count). The minimum Gasteiger partial charge on any atom is -0.376 e. The van der Waals surface area contributed by atoms with Crippen LogP contribution in [0, 0.1) is 0 Å². The Labute approximate surface area is 127 Å². The van der Waals surface area contributed by atoms with Crippen molar-refractivity contribution in [2.45, 2.75) is 64.4 Å². The molecule has 0 spiro atoms. The molecule has 0 radical (unpaired) electrons. The molecule has 1 saturated carbocycles. The standard InChI is InChI=1S/C17H27N3O/c1-3-17-12-21-13(2)10-20(17)11-16-6-4-5-15(19-16)9-18-14-7-8-14/h4-6,13-14,17-18H,3,7-12H2,1-2H3. The van der Waals surface area contributed by atoms with Gasteiger partial charge in [0.2, 0.25) is 0 Å². The number of pyridine rings is 1. The highest BCUT2D eigenvalue weighted by atomic mass is 16.5. The zero-order valence-electron chi connectivity index (χ0n) is 13.2. The van der Waals surface area contributed by atoms with E-state index in [-0.39, 0.29) is 0 Å². The minimum absolute atomic E-state index is 0.326. The summed E-state index contributed by atoms with van der Waals surface area (Å²) in [6, 6.07) is 7.67. The van der Waals surface area contributed by atoms with Gasteiger partial charge in [0.25, 0.3) is 0 Å². The first-order valence-electron chi connectivity index (χ1n) is 8.28. The molecule has 2 unspecified atom stereocenters. The van der Waals surface area contributed by atoms with E-state index in [9.17, 15) is 0 Å². The van der Waals surface area contributed by atoms with E-state index in [1.54, 1.807) is 0 Å². The highest BCUT2D eigenvalue weighted by molar-refractivity contribution is 5.12. The van der Waals surface area contributed by atoms with Gasteiger partial charge in [-0.2, -0.15) is 0 Å². The van der Waals surface area contributed by atoms with Gasteiger partial charge < -0.3 is 10.1 Å². The summed E-state index contributed by atoms with van der Waals surface area (Å²) in [5.41, 5.74) is 2.34. The fourth-order valence-electron chi connectivity index (χ4n) is 2.94. The third-order valence-electron chi connectivity index (χ3n) is 4.43. The molecule has 0 aromatic carbocycles. The molecule has 1 saturated heterocycles. The third kappa shape index (κ3) is 4.25.